The SMILES string of the molecule is CC1(C)OCC2(CO1)CN(C(=O)COc1ccc(Cl)cc1Cl)C2. The van der Waals surface area contributed by atoms with E-state index in [1.165, 1.54) is 0 Å². The Bertz CT molecular complexity index is 602. The van der Waals surface area contributed by atoms with E-state index in [0.29, 0.717) is 42.1 Å². The second-order valence-corrected chi connectivity index (χ2v) is 7.43. The van der Waals surface area contributed by atoms with E-state index in [1.807, 2.05) is 13.8 Å². The molecule has 2 saturated heterocycles. The Balaban J connectivity index is 1.48. The highest BCUT2D eigenvalue weighted by Gasteiger charge is 2.50. The summed E-state index contributed by atoms with van der Waals surface area (Å²) in [5.74, 6) is -0.165. The van der Waals surface area contributed by atoms with Gasteiger partial charge in [0.05, 0.1) is 23.7 Å². The van der Waals surface area contributed by atoms with E-state index in [2.05, 4.69) is 0 Å². The number of hydrogen-bond acceptors (Lipinski definition) is 4. The third kappa shape index (κ3) is 3.74. The molecule has 0 atom stereocenters. The summed E-state index contributed by atoms with van der Waals surface area (Å²) in [6, 6.07) is 4.91. The van der Waals surface area contributed by atoms with E-state index in [1.54, 1.807) is 23.1 Å². The van der Waals surface area contributed by atoms with Gasteiger partial charge in [0.1, 0.15) is 5.75 Å². The summed E-state index contributed by atoms with van der Waals surface area (Å²) in [6.07, 6.45) is 0. The molecule has 0 radical (unpaired) electrons. The maximum absolute atomic E-state index is 12.2. The van der Waals surface area contributed by atoms with Gasteiger partial charge in [-0.15, -0.1) is 0 Å². The molecule has 0 bridgehead atoms. The van der Waals surface area contributed by atoms with Gasteiger partial charge < -0.3 is 19.1 Å². The van der Waals surface area contributed by atoms with Crippen molar-refractivity contribution in [1.82, 2.24) is 4.90 Å². The summed E-state index contributed by atoms with van der Waals surface area (Å²) in [5.41, 5.74) is -0.0803. The Morgan fingerprint density at radius 3 is 2.52 bits per heavy atom. The molecule has 3 rings (SSSR count). The Morgan fingerprint density at radius 1 is 1.26 bits per heavy atom. The van der Waals surface area contributed by atoms with Crippen LogP contribution < -0.4 is 4.74 Å². The second kappa shape index (κ2) is 6.13. The third-order valence-electron chi connectivity index (χ3n) is 4.10. The van der Waals surface area contributed by atoms with Crippen molar-refractivity contribution in [2.24, 2.45) is 5.41 Å². The molecule has 1 aromatic carbocycles. The van der Waals surface area contributed by atoms with Crippen LogP contribution in [-0.2, 0) is 14.3 Å². The predicted molar refractivity (Wildman–Crippen MR) is 87.0 cm³/mol. The highest BCUT2D eigenvalue weighted by Crippen LogP contribution is 2.37. The van der Waals surface area contributed by atoms with E-state index in [0.717, 1.165) is 0 Å². The number of rotatable bonds is 3. The first-order valence-corrected chi connectivity index (χ1v) is 8.18. The lowest BCUT2D eigenvalue weighted by molar-refractivity contribution is -0.303. The molecule has 1 spiro atoms. The molecule has 5 nitrogen and oxygen atoms in total. The Hall–Kier alpha value is -1.01. The molecule has 2 aliphatic heterocycles. The number of carbonyl (C=O) groups excluding carboxylic acids is 1. The molecule has 2 fully saturated rings. The van der Waals surface area contributed by atoms with E-state index < -0.39 is 5.79 Å². The molecular formula is C16H19Cl2NO4. The van der Waals surface area contributed by atoms with Crippen LogP contribution in [0.2, 0.25) is 10.0 Å². The van der Waals surface area contributed by atoms with Crippen LogP contribution in [0, 0.1) is 5.41 Å². The van der Waals surface area contributed by atoms with Crippen molar-refractivity contribution in [3.63, 3.8) is 0 Å². The molecule has 0 unspecified atom stereocenters. The van der Waals surface area contributed by atoms with Crippen molar-refractivity contribution >= 4 is 29.1 Å². The number of nitrogens with zero attached hydrogens (tertiary/aromatic N) is 1. The van der Waals surface area contributed by atoms with Gasteiger partial charge in [-0.1, -0.05) is 23.2 Å². The van der Waals surface area contributed by atoms with Gasteiger partial charge in [-0.25, -0.2) is 0 Å². The normalized spacial score (nSPS) is 21.8. The number of likely N-dealkylation sites (tertiary alicyclic amines) is 1. The third-order valence-corrected chi connectivity index (χ3v) is 4.63. The van der Waals surface area contributed by atoms with Crippen molar-refractivity contribution in [2.75, 3.05) is 32.9 Å². The topological polar surface area (TPSA) is 48.0 Å². The molecule has 1 aromatic rings. The number of amides is 1. The highest BCUT2D eigenvalue weighted by atomic mass is 35.5. The van der Waals surface area contributed by atoms with E-state index >= 15 is 0 Å². The fourth-order valence-electron chi connectivity index (χ4n) is 2.68. The second-order valence-electron chi connectivity index (χ2n) is 6.59. The molecule has 23 heavy (non-hydrogen) atoms. The summed E-state index contributed by atoms with van der Waals surface area (Å²) in [6.45, 7) is 6.20. The van der Waals surface area contributed by atoms with Gasteiger partial charge in [0, 0.05) is 18.1 Å². The van der Waals surface area contributed by atoms with Crippen molar-refractivity contribution in [2.45, 2.75) is 19.6 Å². The van der Waals surface area contributed by atoms with Gasteiger partial charge in [0.25, 0.3) is 5.91 Å². The quantitative estimate of drug-likeness (QED) is 0.832. The van der Waals surface area contributed by atoms with Gasteiger partial charge in [-0.3, -0.25) is 4.79 Å². The Kier molecular flexibility index (Phi) is 4.49. The van der Waals surface area contributed by atoms with Crippen LogP contribution in [0.5, 0.6) is 5.75 Å². The zero-order valence-electron chi connectivity index (χ0n) is 13.1. The fraction of sp³-hybridized carbons (Fsp3) is 0.562. The first-order valence-electron chi connectivity index (χ1n) is 7.42. The van der Waals surface area contributed by atoms with Gasteiger partial charge in [-0.2, -0.15) is 0 Å². The molecule has 126 valence electrons. The molecule has 0 saturated carbocycles. The minimum Gasteiger partial charge on any atom is -0.482 e. The lowest BCUT2D eigenvalue weighted by atomic mass is 9.80. The average Bonchev–Trinajstić information content (AvgIpc) is 2.44. The summed E-state index contributed by atoms with van der Waals surface area (Å²) in [4.78, 5) is 13.9. The van der Waals surface area contributed by atoms with Crippen LogP contribution in [-0.4, -0.2) is 49.5 Å². The van der Waals surface area contributed by atoms with Gasteiger partial charge in [-0.05, 0) is 32.0 Å². The number of halogens is 2. The summed E-state index contributed by atoms with van der Waals surface area (Å²) in [7, 11) is 0. The van der Waals surface area contributed by atoms with E-state index in [4.69, 9.17) is 37.4 Å². The number of benzene rings is 1. The zero-order valence-corrected chi connectivity index (χ0v) is 14.6. The molecule has 2 aliphatic rings. The van der Waals surface area contributed by atoms with Crippen LogP contribution in [0.15, 0.2) is 18.2 Å². The van der Waals surface area contributed by atoms with Crippen LogP contribution in [0.1, 0.15) is 13.8 Å². The minimum absolute atomic E-state index is 0.0510. The van der Waals surface area contributed by atoms with Gasteiger partial charge in [0.2, 0.25) is 0 Å². The lowest BCUT2D eigenvalue weighted by Gasteiger charge is -2.53. The molecule has 0 aromatic heterocycles. The van der Waals surface area contributed by atoms with E-state index in [9.17, 15) is 4.79 Å². The predicted octanol–water partition coefficient (Wildman–Crippen LogP) is 2.98. The van der Waals surface area contributed by atoms with Gasteiger partial charge >= 0.3 is 0 Å². The van der Waals surface area contributed by atoms with Gasteiger partial charge in [0.15, 0.2) is 12.4 Å². The lowest BCUT2D eigenvalue weighted by Crippen LogP contribution is -2.66. The average molecular weight is 360 g/mol. The van der Waals surface area contributed by atoms with Crippen molar-refractivity contribution in [1.29, 1.82) is 0 Å². The highest BCUT2D eigenvalue weighted by molar-refractivity contribution is 6.35. The molecule has 0 aliphatic carbocycles. The fourth-order valence-corrected chi connectivity index (χ4v) is 3.15. The van der Waals surface area contributed by atoms with Crippen LogP contribution in [0.4, 0.5) is 0 Å². The van der Waals surface area contributed by atoms with Crippen LogP contribution >= 0.6 is 23.2 Å². The summed E-state index contributed by atoms with van der Waals surface area (Å²) >= 11 is 11.8. The van der Waals surface area contributed by atoms with Crippen LogP contribution in [0.25, 0.3) is 0 Å². The maximum atomic E-state index is 12.2. The maximum Gasteiger partial charge on any atom is 0.260 e. The van der Waals surface area contributed by atoms with Crippen molar-refractivity contribution in [3.05, 3.63) is 28.2 Å². The molecule has 0 N–H and O–H groups in total. The summed E-state index contributed by atoms with van der Waals surface area (Å²) < 4.78 is 16.8. The van der Waals surface area contributed by atoms with Crippen LogP contribution in [0.3, 0.4) is 0 Å². The number of ether oxygens (including phenoxy) is 3. The smallest absolute Gasteiger partial charge is 0.260 e. The zero-order chi connectivity index (χ0) is 16.7. The molecule has 2 heterocycles. The standard InChI is InChI=1S/C16H19Cl2NO4/c1-15(2)22-9-16(10-23-15)7-19(8-16)14(20)6-21-13-4-3-11(17)5-12(13)18/h3-5H,6-10H2,1-2H3. The largest absolute Gasteiger partial charge is 0.482 e. The monoisotopic (exact) mass is 359 g/mol. The number of carbonyl (C=O) groups is 1. The van der Waals surface area contributed by atoms with Crippen molar-refractivity contribution < 1.29 is 19.0 Å². The minimum atomic E-state index is -0.538. The first kappa shape index (κ1) is 16.8. The Labute approximate surface area is 145 Å². The number of hydrogen-bond donors (Lipinski definition) is 0. The first-order chi connectivity index (χ1) is 10.8. The Morgan fingerprint density at radius 2 is 1.91 bits per heavy atom. The molecule has 1 amide bonds. The van der Waals surface area contributed by atoms with Crippen molar-refractivity contribution in [3.8, 4) is 5.75 Å². The summed E-state index contributed by atoms with van der Waals surface area (Å²) in [5, 5.41) is 0.917. The van der Waals surface area contributed by atoms with E-state index in [-0.39, 0.29) is 17.9 Å². The molecule has 7 heteroatoms. The molecular weight excluding hydrogens is 341 g/mol.